The predicted octanol–water partition coefficient (Wildman–Crippen LogP) is 0.927. The van der Waals surface area contributed by atoms with E-state index in [1.165, 1.54) is 6.20 Å². The van der Waals surface area contributed by atoms with E-state index in [-0.39, 0.29) is 5.91 Å². The van der Waals surface area contributed by atoms with Crippen LogP contribution in [0.15, 0.2) is 36.8 Å². The van der Waals surface area contributed by atoms with Crippen molar-refractivity contribution in [2.45, 2.75) is 6.42 Å². The molecular formula is C13H12N4O3. The van der Waals surface area contributed by atoms with Crippen LogP contribution in [-0.2, 0) is 9.59 Å². The number of carboxylic acid groups (broad SMARTS) is 1. The zero-order valence-corrected chi connectivity index (χ0v) is 10.4. The van der Waals surface area contributed by atoms with E-state index in [1.807, 2.05) is 0 Å². The first kappa shape index (κ1) is 12.3. The minimum absolute atomic E-state index is 0.272. The second-order valence-electron chi connectivity index (χ2n) is 4.63. The number of rotatable bonds is 4. The topological polar surface area (TPSA) is 97.1 Å². The summed E-state index contributed by atoms with van der Waals surface area (Å²) in [4.78, 5) is 26.7. The third-order valence-electron chi connectivity index (χ3n) is 3.20. The van der Waals surface area contributed by atoms with Crippen LogP contribution in [0.25, 0.3) is 5.82 Å². The number of pyridine rings is 1. The van der Waals surface area contributed by atoms with Crippen molar-refractivity contribution in [2.24, 2.45) is 11.8 Å². The van der Waals surface area contributed by atoms with Crippen molar-refractivity contribution < 1.29 is 14.7 Å². The maximum absolute atomic E-state index is 11.8. The molecule has 2 aromatic rings. The van der Waals surface area contributed by atoms with Crippen LogP contribution in [0.5, 0.6) is 0 Å². The second-order valence-corrected chi connectivity index (χ2v) is 4.63. The van der Waals surface area contributed by atoms with Gasteiger partial charge in [-0.05, 0) is 24.6 Å². The average Bonchev–Trinajstić information content (AvgIpc) is 3.07. The van der Waals surface area contributed by atoms with Gasteiger partial charge in [0, 0.05) is 12.4 Å². The standard InChI is InChI=1S/C13H12N4O3/c18-12(9-6-10(9)13(19)20)16-8-2-3-11(14-7-8)17-5-1-4-15-17/h1-5,7,9-10H,6H2,(H,16,18)(H,19,20)/t9-,10+/m1/s1. The first-order chi connectivity index (χ1) is 9.65. The monoisotopic (exact) mass is 272 g/mol. The van der Waals surface area contributed by atoms with Gasteiger partial charge in [0.2, 0.25) is 5.91 Å². The summed E-state index contributed by atoms with van der Waals surface area (Å²) in [6, 6.07) is 5.22. The highest BCUT2D eigenvalue weighted by Crippen LogP contribution is 2.39. The molecule has 2 atom stereocenters. The molecule has 0 bridgehead atoms. The fourth-order valence-corrected chi connectivity index (χ4v) is 1.99. The number of carboxylic acids is 1. The van der Waals surface area contributed by atoms with Crippen LogP contribution in [0, 0.1) is 11.8 Å². The number of hydrogen-bond donors (Lipinski definition) is 2. The van der Waals surface area contributed by atoms with Crippen molar-refractivity contribution in [3.8, 4) is 5.82 Å². The molecule has 0 spiro atoms. The predicted molar refractivity (Wildman–Crippen MR) is 69.2 cm³/mol. The van der Waals surface area contributed by atoms with Gasteiger partial charge in [-0.2, -0.15) is 5.10 Å². The van der Waals surface area contributed by atoms with E-state index in [2.05, 4.69) is 15.4 Å². The number of aliphatic carboxylic acids is 1. The Morgan fingerprint density at radius 3 is 2.75 bits per heavy atom. The summed E-state index contributed by atoms with van der Waals surface area (Å²) in [5.74, 6) is -1.53. The Bertz CT molecular complexity index is 636. The number of aromatic nitrogens is 3. The molecule has 1 aliphatic carbocycles. The fraction of sp³-hybridized carbons (Fsp3) is 0.231. The molecule has 0 radical (unpaired) electrons. The lowest BCUT2D eigenvalue weighted by Crippen LogP contribution is -2.17. The minimum Gasteiger partial charge on any atom is -0.481 e. The maximum atomic E-state index is 11.8. The van der Waals surface area contributed by atoms with Crippen LogP contribution in [0.1, 0.15) is 6.42 Å². The number of carbonyl (C=O) groups is 2. The molecule has 0 aliphatic heterocycles. The highest BCUT2D eigenvalue weighted by molar-refractivity contribution is 5.98. The van der Waals surface area contributed by atoms with Crippen LogP contribution in [0.4, 0.5) is 5.69 Å². The number of anilines is 1. The van der Waals surface area contributed by atoms with E-state index in [0.717, 1.165) is 0 Å². The summed E-state index contributed by atoms with van der Waals surface area (Å²) < 4.78 is 1.60. The number of carbonyl (C=O) groups excluding carboxylic acids is 1. The Balaban J connectivity index is 1.64. The van der Waals surface area contributed by atoms with E-state index < -0.39 is 17.8 Å². The summed E-state index contributed by atoms with van der Waals surface area (Å²) in [5.41, 5.74) is 0.543. The van der Waals surface area contributed by atoms with Crippen molar-refractivity contribution in [2.75, 3.05) is 5.32 Å². The van der Waals surface area contributed by atoms with Crippen molar-refractivity contribution in [3.63, 3.8) is 0 Å². The molecule has 7 heteroatoms. The van der Waals surface area contributed by atoms with Gasteiger partial charge in [0.15, 0.2) is 5.82 Å². The molecule has 3 rings (SSSR count). The van der Waals surface area contributed by atoms with Crippen molar-refractivity contribution >= 4 is 17.6 Å². The summed E-state index contributed by atoms with van der Waals surface area (Å²) in [7, 11) is 0. The summed E-state index contributed by atoms with van der Waals surface area (Å²) in [5, 5.41) is 15.5. The van der Waals surface area contributed by atoms with E-state index in [0.29, 0.717) is 17.9 Å². The lowest BCUT2D eigenvalue weighted by atomic mass is 10.3. The van der Waals surface area contributed by atoms with Crippen molar-refractivity contribution in [1.29, 1.82) is 0 Å². The smallest absolute Gasteiger partial charge is 0.307 e. The number of hydrogen-bond acceptors (Lipinski definition) is 4. The largest absolute Gasteiger partial charge is 0.481 e. The van der Waals surface area contributed by atoms with Gasteiger partial charge in [0.05, 0.1) is 23.7 Å². The van der Waals surface area contributed by atoms with E-state index in [9.17, 15) is 9.59 Å². The first-order valence-corrected chi connectivity index (χ1v) is 6.15. The Hall–Kier alpha value is -2.70. The molecule has 0 unspecified atom stereocenters. The second kappa shape index (κ2) is 4.76. The van der Waals surface area contributed by atoms with Gasteiger partial charge < -0.3 is 10.4 Å². The lowest BCUT2D eigenvalue weighted by molar-refractivity contribution is -0.139. The van der Waals surface area contributed by atoms with E-state index >= 15 is 0 Å². The van der Waals surface area contributed by atoms with Crippen LogP contribution in [0.2, 0.25) is 0 Å². The van der Waals surface area contributed by atoms with E-state index in [1.54, 1.807) is 35.3 Å². The van der Waals surface area contributed by atoms with Crippen LogP contribution < -0.4 is 5.32 Å². The quantitative estimate of drug-likeness (QED) is 0.862. The number of nitrogens with zero attached hydrogens (tertiary/aromatic N) is 3. The Morgan fingerprint density at radius 2 is 2.20 bits per heavy atom. The fourth-order valence-electron chi connectivity index (χ4n) is 1.99. The third-order valence-corrected chi connectivity index (χ3v) is 3.20. The Kier molecular flexibility index (Phi) is 2.94. The molecule has 2 N–H and O–H groups in total. The SMILES string of the molecule is O=C(O)[C@H]1C[C@H]1C(=O)Nc1ccc(-n2cccn2)nc1. The molecule has 1 amide bonds. The first-order valence-electron chi connectivity index (χ1n) is 6.15. The highest BCUT2D eigenvalue weighted by atomic mass is 16.4. The number of amides is 1. The number of nitrogens with one attached hydrogen (secondary N) is 1. The normalized spacial score (nSPS) is 20.4. The molecule has 0 aromatic carbocycles. The highest BCUT2D eigenvalue weighted by Gasteiger charge is 2.48. The summed E-state index contributed by atoms with van der Waals surface area (Å²) >= 11 is 0. The molecule has 0 saturated heterocycles. The van der Waals surface area contributed by atoms with Gasteiger partial charge in [0.1, 0.15) is 0 Å². The molecule has 2 heterocycles. The Labute approximate surface area is 114 Å². The van der Waals surface area contributed by atoms with Gasteiger partial charge in [-0.1, -0.05) is 0 Å². The minimum atomic E-state index is -0.919. The molecule has 1 fully saturated rings. The van der Waals surface area contributed by atoms with Gasteiger partial charge >= 0.3 is 5.97 Å². The van der Waals surface area contributed by atoms with Gasteiger partial charge in [-0.15, -0.1) is 0 Å². The summed E-state index contributed by atoms with van der Waals surface area (Å²) in [6.07, 6.45) is 5.34. The van der Waals surface area contributed by atoms with Crippen LogP contribution >= 0.6 is 0 Å². The molecule has 1 saturated carbocycles. The zero-order valence-electron chi connectivity index (χ0n) is 10.4. The molecular weight excluding hydrogens is 260 g/mol. The van der Waals surface area contributed by atoms with Gasteiger partial charge in [-0.25, -0.2) is 9.67 Å². The van der Waals surface area contributed by atoms with E-state index in [4.69, 9.17) is 5.11 Å². The lowest BCUT2D eigenvalue weighted by Gasteiger charge is -2.05. The van der Waals surface area contributed by atoms with Crippen molar-refractivity contribution in [3.05, 3.63) is 36.8 Å². The molecule has 20 heavy (non-hydrogen) atoms. The van der Waals surface area contributed by atoms with Gasteiger partial charge in [-0.3, -0.25) is 9.59 Å². The Morgan fingerprint density at radius 1 is 1.35 bits per heavy atom. The third kappa shape index (κ3) is 2.37. The molecule has 102 valence electrons. The van der Waals surface area contributed by atoms with Crippen LogP contribution in [-0.4, -0.2) is 31.7 Å². The average molecular weight is 272 g/mol. The molecule has 2 aromatic heterocycles. The maximum Gasteiger partial charge on any atom is 0.307 e. The molecule has 7 nitrogen and oxygen atoms in total. The van der Waals surface area contributed by atoms with Crippen LogP contribution in [0.3, 0.4) is 0 Å². The zero-order chi connectivity index (χ0) is 14.1. The van der Waals surface area contributed by atoms with Gasteiger partial charge in [0.25, 0.3) is 0 Å². The van der Waals surface area contributed by atoms with Crippen molar-refractivity contribution in [1.82, 2.24) is 14.8 Å². The molecule has 1 aliphatic rings. The summed E-state index contributed by atoms with van der Waals surface area (Å²) in [6.45, 7) is 0.